The fraction of sp³-hybridized carbons (Fsp3) is 0.316. The Morgan fingerprint density at radius 3 is 2.82 bits per heavy atom. The Balaban J connectivity index is 1.45. The fourth-order valence-corrected chi connectivity index (χ4v) is 3.61. The van der Waals surface area contributed by atoms with Crippen molar-refractivity contribution in [1.29, 1.82) is 0 Å². The average Bonchev–Trinajstić information content (AvgIpc) is 3.34. The lowest BCUT2D eigenvalue weighted by Gasteiger charge is -2.22. The van der Waals surface area contributed by atoms with Gasteiger partial charge in [0.1, 0.15) is 11.3 Å². The largest absolute Gasteiger partial charge is 0.317 e. The van der Waals surface area contributed by atoms with E-state index in [1.165, 1.54) is 0 Å². The molecule has 0 saturated carbocycles. The highest BCUT2D eigenvalue weighted by molar-refractivity contribution is 5.80. The van der Waals surface area contributed by atoms with E-state index in [4.69, 9.17) is 0 Å². The van der Waals surface area contributed by atoms with Crippen LogP contribution in [0.1, 0.15) is 18.9 Å². The topological polar surface area (TPSA) is 98.4 Å². The number of piperidine rings is 1. The molecule has 1 aliphatic heterocycles. The highest BCUT2D eigenvalue weighted by Crippen LogP contribution is 2.26. The molecular weight excluding hydrogens is 354 g/mol. The molecule has 1 aliphatic rings. The second kappa shape index (κ2) is 7.01. The summed E-state index contributed by atoms with van der Waals surface area (Å²) in [6.07, 6.45) is 5.63. The minimum Gasteiger partial charge on any atom is -0.317 e. The van der Waals surface area contributed by atoms with E-state index in [2.05, 4.69) is 52.8 Å². The van der Waals surface area contributed by atoms with Crippen molar-refractivity contribution < 1.29 is 0 Å². The van der Waals surface area contributed by atoms with Gasteiger partial charge in [0, 0.05) is 24.9 Å². The van der Waals surface area contributed by atoms with E-state index in [1.54, 1.807) is 17.1 Å². The zero-order chi connectivity index (χ0) is 18.9. The predicted molar refractivity (Wildman–Crippen MR) is 106 cm³/mol. The first-order valence-corrected chi connectivity index (χ1v) is 9.42. The summed E-state index contributed by atoms with van der Waals surface area (Å²) in [7, 11) is 1.87. The third-order valence-electron chi connectivity index (χ3n) is 5.14. The molecule has 4 heterocycles. The van der Waals surface area contributed by atoms with Crippen molar-refractivity contribution in [1.82, 2.24) is 40.1 Å². The van der Waals surface area contributed by atoms with E-state index in [1.807, 2.05) is 25.2 Å². The van der Waals surface area contributed by atoms with Crippen molar-refractivity contribution in [3.05, 3.63) is 42.7 Å². The van der Waals surface area contributed by atoms with E-state index in [-0.39, 0.29) is 0 Å². The maximum Gasteiger partial charge on any atom is 0.228 e. The zero-order valence-corrected chi connectivity index (χ0v) is 15.6. The third-order valence-corrected chi connectivity index (χ3v) is 5.14. The Kier molecular flexibility index (Phi) is 4.21. The lowest BCUT2D eigenvalue weighted by molar-refractivity contribution is 0.345. The first-order valence-electron chi connectivity index (χ1n) is 9.42. The molecule has 4 aromatic rings. The van der Waals surface area contributed by atoms with Gasteiger partial charge in [0.25, 0.3) is 0 Å². The van der Waals surface area contributed by atoms with Gasteiger partial charge in [0.05, 0.1) is 23.4 Å². The number of rotatable bonds is 4. The summed E-state index contributed by atoms with van der Waals surface area (Å²) in [6, 6.07) is 10.4. The lowest BCUT2D eigenvalue weighted by Crippen LogP contribution is -2.29. The highest BCUT2D eigenvalue weighted by atomic mass is 15.4. The van der Waals surface area contributed by atoms with Crippen molar-refractivity contribution in [2.75, 3.05) is 18.4 Å². The molecule has 0 amide bonds. The van der Waals surface area contributed by atoms with Crippen molar-refractivity contribution in [3.8, 4) is 11.3 Å². The van der Waals surface area contributed by atoms with Crippen molar-refractivity contribution in [2.45, 2.75) is 18.9 Å². The van der Waals surface area contributed by atoms with Crippen LogP contribution in [0.4, 0.5) is 11.8 Å². The van der Waals surface area contributed by atoms with Crippen LogP contribution in [-0.4, -0.2) is 47.8 Å². The van der Waals surface area contributed by atoms with Crippen molar-refractivity contribution in [3.63, 3.8) is 0 Å². The summed E-state index contributed by atoms with van der Waals surface area (Å²) in [5.41, 5.74) is 3.77. The van der Waals surface area contributed by atoms with Crippen LogP contribution < -0.4 is 10.6 Å². The van der Waals surface area contributed by atoms with Gasteiger partial charge in [-0.25, -0.2) is 14.6 Å². The van der Waals surface area contributed by atoms with Gasteiger partial charge in [-0.2, -0.15) is 5.10 Å². The average molecular weight is 375 g/mol. The molecular formula is C19H21N9. The Morgan fingerprint density at radius 1 is 1.11 bits per heavy atom. The number of aromatic nitrogens is 7. The number of anilines is 2. The van der Waals surface area contributed by atoms with Crippen LogP contribution in [0.5, 0.6) is 0 Å². The summed E-state index contributed by atoms with van der Waals surface area (Å²) >= 11 is 0. The SMILES string of the molecule is Cn1nccc1Nc1nccc(-c2ccc3c(c2)nnn3C2CCNCC2)n1. The molecule has 0 aliphatic carbocycles. The van der Waals surface area contributed by atoms with Gasteiger partial charge in [0.2, 0.25) is 5.95 Å². The molecule has 3 aromatic heterocycles. The van der Waals surface area contributed by atoms with Gasteiger partial charge in [-0.05, 0) is 44.1 Å². The van der Waals surface area contributed by atoms with E-state index in [9.17, 15) is 0 Å². The van der Waals surface area contributed by atoms with Crippen LogP contribution in [0, 0.1) is 0 Å². The van der Waals surface area contributed by atoms with Crippen molar-refractivity contribution in [2.24, 2.45) is 7.05 Å². The number of fused-ring (bicyclic) bond motifs is 1. The van der Waals surface area contributed by atoms with Gasteiger partial charge in [-0.3, -0.25) is 4.68 Å². The molecule has 1 fully saturated rings. The molecule has 1 aromatic carbocycles. The molecule has 1 saturated heterocycles. The molecule has 0 unspecified atom stereocenters. The van der Waals surface area contributed by atoms with Gasteiger partial charge >= 0.3 is 0 Å². The van der Waals surface area contributed by atoms with Crippen LogP contribution in [0.3, 0.4) is 0 Å². The summed E-state index contributed by atoms with van der Waals surface area (Å²) in [5.74, 6) is 1.36. The van der Waals surface area contributed by atoms with E-state index in [0.29, 0.717) is 12.0 Å². The molecule has 0 spiro atoms. The highest BCUT2D eigenvalue weighted by Gasteiger charge is 2.18. The van der Waals surface area contributed by atoms with E-state index < -0.39 is 0 Å². The predicted octanol–water partition coefficient (Wildman–Crippen LogP) is 2.29. The lowest BCUT2D eigenvalue weighted by atomic mass is 10.1. The number of hydrogen-bond acceptors (Lipinski definition) is 7. The second-order valence-corrected chi connectivity index (χ2v) is 6.95. The quantitative estimate of drug-likeness (QED) is 0.565. The minimum absolute atomic E-state index is 0.408. The summed E-state index contributed by atoms with van der Waals surface area (Å²) in [5, 5.41) is 19.5. The Hall–Kier alpha value is -3.33. The standard InChI is InChI=1S/C19H21N9/c1-27-18(7-11-22-27)24-19-21-10-6-15(23-19)13-2-3-17-16(12-13)25-26-28(17)14-4-8-20-9-5-14/h2-3,6-7,10-12,14,20H,4-5,8-9H2,1H3,(H,21,23,24). The maximum absolute atomic E-state index is 4.64. The maximum atomic E-state index is 4.64. The summed E-state index contributed by atoms with van der Waals surface area (Å²) in [6.45, 7) is 2.05. The smallest absolute Gasteiger partial charge is 0.228 e. The number of nitrogens with one attached hydrogen (secondary N) is 2. The normalized spacial score (nSPS) is 15.2. The number of aryl methyl sites for hydroxylation is 1. The van der Waals surface area contributed by atoms with Gasteiger partial charge in [-0.15, -0.1) is 5.10 Å². The molecule has 142 valence electrons. The monoisotopic (exact) mass is 375 g/mol. The Morgan fingerprint density at radius 2 is 2.00 bits per heavy atom. The Labute approximate surface area is 161 Å². The molecule has 28 heavy (non-hydrogen) atoms. The summed E-state index contributed by atoms with van der Waals surface area (Å²) in [4.78, 5) is 8.94. The number of benzene rings is 1. The molecule has 0 atom stereocenters. The van der Waals surface area contributed by atoms with E-state index in [0.717, 1.165) is 54.0 Å². The van der Waals surface area contributed by atoms with E-state index >= 15 is 0 Å². The fourth-order valence-electron chi connectivity index (χ4n) is 3.61. The number of hydrogen-bond donors (Lipinski definition) is 2. The first kappa shape index (κ1) is 16.8. The van der Waals surface area contributed by atoms with Crippen LogP contribution in [0.25, 0.3) is 22.3 Å². The number of nitrogens with zero attached hydrogens (tertiary/aromatic N) is 7. The third kappa shape index (κ3) is 3.09. The van der Waals surface area contributed by atoms with Crippen molar-refractivity contribution >= 4 is 22.8 Å². The molecule has 9 heteroatoms. The molecule has 0 bridgehead atoms. The molecule has 9 nitrogen and oxygen atoms in total. The summed E-state index contributed by atoms with van der Waals surface area (Å²) < 4.78 is 3.80. The van der Waals surface area contributed by atoms with Crippen LogP contribution in [0.15, 0.2) is 42.7 Å². The van der Waals surface area contributed by atoms with Gasteiger partial charge < -0.3 is 10.6 Å². The van der Waals surface area contributed by atoms with Crippen LogP contribution >= 0.6 is 0 Å². The molecule has 2 N–H and O–H groups in total. The van der Waals surface area contributed by atoms with Gasteiger partial charge in [-0.1, -0.05) is 11.3 Å². The molecule has 0 radical (unpaired) electrons. The van der Waals surface area contributed by atoms with Crippen LogP contribution in [-0.2, 0) is 7.05 Å². The Bertz CT molecular complexity index is 1110. The van der Waals surface area contributed by atoms with Gasteiger partial charge in [0.15, 0.2) is 0 Å². The second-order valence-electron chi connectivity index (χ2n) is 6.95. The zero-order valence-electron chi connectivity index (χ0n) is 15.6. The molecule has 5 rings (SSSR count). The first-order chi connectivity index (χ1) is 13.8. The van der Waals surface area contributed by atoms with Crippen LogP contribution in [0.2, 0.25) is 0 Å². The minimum atomic E-state index is 0.408.